The minimum Gasteiger partial charge on any atom is -0.411 e. The Morgan fingerprint density at radius 2 is 2.13 bits per heavy atom. The molecule has 0 saturated carbocycles. The molecule has 1 rings (SSSR count). The van der Waals surface area contributed by atoms with Crippen molar-refractivity contribution in [2.24, 2.45) is 10.6 Å². The summed E-state index contributed by atoms with van der Waals surface area (Å²) in [6.07, 6.45) is 5.78. The van der Waals surface area contributed by atoms with Gasteiger partial charge in [0.2, 0.25) is 0 Å². The van der Waals surface area contributed by atoms with Gasteiger partial charge in [0.25, 0.3) is 0 Å². The Morgan fingerprint density at radius 3 is 2.67 bits per heavy atom. The van der Waals surface area contributed by atoms with Gasteiger partial charge in [0.05, 0.1) is 5.71 Å². The van der Waals surface area contributed by atoms with Crippen molar-refractivity contribution in [3.63, 3.8) is 0 Å². The molecule has 0 aromatic rings. The topological polar surface area (TPSA) is 32.6 Å². The fraction of sp³-hybridized carbons (Fsp3) is 0.769. The maximum absolute atomic E-state index is 8.63. The molecule has 1 aliphatic carbocycles. The second-order valence-electron chi connectivity index (χ2n) is 5.33. The first-order valence-corrected chi connectivity index (χ1v) is 5.84. The predicted molar refractivity (Wildman–Crippen MR) is 64.5 cm³/mol. The smallest absolute Gasteiger partial charge is 0.0543 e. The van der Waals surface area contributed by atoms with Crippen LogP contribution in [0, 0.1) is 5.41 Å². The lowest BCUT2D eigenvalue weighted by molar-refractivity contribution is 0.316. The SMILES string of the molecule is CC(CCC1=C(C)CCCC1(C)C)=NO. The van der Waals surface area contributed by atoms with Crippen LogP contribution >= 0.6 is 0 Å². The molecule has 0 radical (unpaired) electrons. The van der Waals surface area contributed by atoms with Gasteiger partial charge in [0, 0.05) is 0 Å². The van der Waals surface area contributed by atoms with Gasteiger partial charge in [0.15, 0.2) is 0 Å². The highest BCUT2D eigenvalue weighted by Gasteiger charge is 2.27. The average molecular weight is 209 g/mol. The Hall–Kier alpha value is -0.790. The molecule has 0 aromatic heterocycles. The number of allylic oxidation sites excluding steroid dienone is 2. The first kappa shape index (κ1) is 12.3. The predicted octanol–water partition coefficient (Wildman–Crippen LogP) is 4.14. The molecule has 1 aliphatic rings. The summed E-state index contributed by atoms with van der Waals surface area (Å²) in [6.45, 7) is 8.79. The van der Waals surface area contributed by atoms with Crippen molar-refractivity contribution < 1.29 is 5.21 Å². The highest BCUT2D eigenvalue weighted by molar-refractivity contribution is 5.81. The molecule has 2 nitrogen and oxygen atoms in total. The van der Waals surface area contributed by atoms with Gasteiger partial charge in [-0.25, -0.2) is 0 Å². The van der Waals surface area contributed by atoms with E-state index in [-0.39, 0.29) is 0 Å². The van der Waals surface area contributed by atoms with E-state index in [9.17, 15) is 0 Å². The van der Waals surface area contributed by atoms with E-state index in [1.807, 2.05) is 6.92 Å². The maximum atomic E-state index is 8.63. The second kappa shape index (κ2) is 4.82. The number of rotatable bonds is 3. The molecule has 1 N–H and O–H groups in total. The van der Waals surface area contributed by atoms with Crippen molar-refractivity contribution in [3.05, 3.63) is 11.1 Å². The van der Waals surface area contributed by atoms with Crippen LogP contribution in [0.25, 0.3) is 0 Å². The Bertz CT molecular complexity index is 287. The lowest BCUT2D eigenvalue weighted by atomic mass is 9.71. The highest BCUT2D eigenvalue weighted by Crippen LogP contribution is 2.42. The zero-order chi connectivity index (χ0) is 11.5. The van der Waals surface area contributed by atoms with E-state index in [0.29, 0.717) is 5.41 Å². The molecule has 0 bridgehead atoms. The van der Waals surface area contributed by atoms with E-state index < -0.39 is 0 Å². The van der Waals surface area contributed by atoms with Gasteiger partial charge in [-0.1, -0.05) is 30.1 Å². The van der Waals surface area contributed by atoms with Crippen LogP contribution in [-0.2, 0) is 0 Å². The Morgan fingerprint density at radius 1 is 1.47 bits per heavy atom. The van der Waals surface area contributed by atoms with Crippen molar-refractivity contribution in [2.45, 2.75) is 59.8 Å². The largest absolute Gasteiger partial charge is 0.411 e. The monoisotopic (exact) mass is 209 g/mol. The van der Waals surface area contributed by atoms with E-state index >= 15 is 0 Å². The molecule has 0 spiro atoms. The summed E-state index contributed by atoms with van der Waals surface area (Å²) in [5.41, 5.74) is 4.31. The Labute approximate surface area is 93.1 Å². The van der Waals surface area contributed by atoms with Gasteiger partial charge in [-0.15, -0.1) is 0 Å². The van der Waals surface area contributed by atoms with Crippen LogP contribution in [0.4, 0.5) is 0 Å². The van der Waals surface area contributed by atoms with E-state index in [0.717, 1.165) is 18.6 Å². The van der Waals surface area contributed by atoms with Crippen LogP contribution in [0.15, 0.2) is 16.3 Å². The molecule has 2 heteroatoms. The summed E-state index contributed by atoms with van der Waals surface area (Å²) in [5, 5.41) is 11.9. The minimum absolute atomic E-state index is 0.345. The first-order chi connectivity index (χ1) is 6.97. The standard InChI is InChI=1S/C13H23NO/c1-10-6-5-9-13(3,4)12(10)8-7-11(2)14-15/h15H,5-9H2,1-4H3. The average Bonchev–Trinajstić information content (AvgIpc) is 2.15. The van der Waals surface area contributed by atoms with E-state index in [2.05, 4.69) is 25.9 Å². The molecule has 15 heavy (non-hydrogen) atoms. The fourth-order valence-electron chi connectivity index (χ4n) is 2.58. The Kier molecular flexibility index (Phi) is 3.95. The summed E-state index contributed by atoms with van der Waals surface area (Å²) < 4.78 is 0. The maximum Gasteiger partial charge on any atom is 0.0543 e. The molecular formula is C13H23NO. The van der Waals surface area contributed by atoms with Crippen molar-refractivity contribution >= 4 is 5.71 Å². The molecule has 0 saturated heterocycles. The zero-order valence-corrected chi connectivity index (χ0v) is 10.4. The third-order valence-corrected chi connectivity index (χ3v) is 3.59. The molecule has 0 aromatic carbocycles. The first-order valence-electron chi connectivity index (χ1n) is 5.84. The molecule has 86 valence electrons. The molecule has 0 amide bonds. The third kappa shape index (κ3) is 3.08. The second-order valence-corrected chi connectivity index (χ2v) is 5.33. The quantitative estimate of drug-likeness (QED) is 0.322. The van der Waals surface area contributed by atoms with Crippen LogP contribution in [0.2, 0.25) is 0 Å². The lowest BCUT2D eigenvalue weighted by Gasteiger charge is -2.34. The Balaban J connectivity index is 2.72. The van der Waals surface area contributed by atoms with Crippen LogP contribution in [0.1, 0.15) is 59.8 Å². The third-order valence-electron chi connectivity index (χ3n) is 3.59. The summed E-state index contributed by atoms with van der Waals surface area (Å²) >= 11 is 0. The number of hydrogen-bond donors (Lipinski definition) is 1. The summed E-state index contributed by atoms with van der Waals surface area (Å²) in [6, 6.07) is 0. The molecule has 0 unspecified atom stereocenters. The van der Waals surface area contributed by atoms with Gasteiger partial charge in [0.1, 0.15) is 0 Å². The van der Waals surface area contributed by atoms with Gasteiger partial charge in [-0.05, 0) is 51.4 Å². The van der Waals surface area contributed by atoms with Crippen molar-refractivity contribution in [2.75, 3.05) is 0 Å². The van der Waals surface area contributed by atoms with Crippen LogP contribution in [0.3, 0.4) is 0 Å². The summed E-state index contributed by atoms with van der Waals surface area (Å²) in [7, 11) is 0. The van der Waals surface area contributed by atoms with Crippen LogP contribution < -0.4 is 0 Å². The van der Waals surface area contributed by atoms with Crippen LogP contribution in [0.5, 0.6) is 0 Å². The van der Waals surface area contributed by atoms with Crippen molar-refractivity contribution in [1.82, 2.24) is 0 Å². The van der Waals surface area contributed by atoms with Crippen molar-refractivity contribution in [1.29, 1.82) is 0 Å². The molecule has 0 aliphatic heterocycles. The molecular weight excluding hydrogens is 186 g/mol. The van der Waals surface area contributed by atoms with Gasteiger partial charge in [-0.3, -0.25) is 0 Å². The van der Waals surface area contributed by atoms with E-state index in [4.69, 9.17) is 5.21 Å². The van der Waals surface area contributed by atoms with Gasteiger partial charge >= 0.3 is 0 Å². The number of oxime groups is 1. The summed E-state index contributed by atoms with van der Waals surface area (Å²) in [5.74, 6) is 0. The lowest BCUT2D eigenvalue weighted by Crippen LogP contribution is -2.20. The zero-order valence-electron chi connectivity index (χ0n) is 10.4. The highest BCUT2D eigenvalue weighted by atomic mass is 16.4. The van der Waals surface area contributed by atoms with Crippen LogP contribution in [-0.4, -0.2) is 10.9 Å². The number of hydrogen-bond acceptors (Lipinski definition) is 2. The van der Waals surface area contributed by atoms with E-state index in [1.165, 1.54) is 19.3 Å². The normalized spacial score (nSPS) is 22.0. The van der Waals surface area contributed by atoms with E-state index in [1.54, 1.807) is 11.1 Å². The molecule has 0 heterocycles. The van der Waals surface area contributed by atoms with Crippen molar-refractivity contribution in [3.8, 4) is 0 Å². The number of nitrogens with zero attached hydrogens (tertiary/aromatic N) is 1. The molecule has 0 atom stereocenters. The summed E-state index contributed by atoms with van der Waals surface area (Å²) in [4.78, 5) is 0. The molecule has 0 fully saturated rings. The van der Waals surface area contributed by atoms with Gasteiger partial charge < -0.3 is 5.21 Å². The fourth-order valence-corrected chi connectivity index (χ4v) is 2.58. The minimum atomic E-state index is 0.345. The van der Waals surface area contributed by atoms with Gasteiger partial charge in [-0.2, -0.15) is 0 Å².